The van der Waals surface area contributed by atoms with Gasteiger partial charge in [0, 0.05) is 18.6 Å². The van der Waals surface area contributed by atoms with Crippen molar-refractivity contribution in [2.24, 2.45) is 0 Å². The smallest absolute Gasteiger partial charge is 0.339 e. The molecule has 0 bridgehead atoms. The van der Waals surface area contributed by atoms with Crippen molar-refractivity contribution in [2.45, 2.75) is 26.3 Å². The van der Waals surface area contributed by atoms with E-state index in [9.17, 15) is 18.4 Å². The summed E-state index contributed by atoms with van der Waals surface area (Å²) in [5.74, 6) is -3.42. The Bertz CT molecular complexity index is 787. The molecular formula is C17H17F2NO5. The SMILES string of the molecule is CCc1oc(C(=O)NC(C)COc2ccc(F)cc2F)cc1C(=O)O. The van der Waals surface area contributed by atoms with Crippen LogP contribution in [0.5, 0.6) is 5.75 Å². The highest BCUT2D eigenvalue weighted by atomic mass is 19.1. The van der Waals surface area contributed by atoms with Crippen LogP contribution >= 0.6 is 0 Å². The monoisotopic (exact) mass is 353 g/mol. The molecule has 0 aliphatic carbocycles. The molecule has 8 heteroatoms. The molecule has 0 saturated carbocycles. The molecule has 25 heavy (non-hydrogen) atoms. The summed E-state index contributed by atoms with van der Waals surface area (Å²) in [5, 5.41) is 11.6. The molecule has 0 spiro atoms. The molecule has 2 rings (SSSR count). The number of ether oxygens (including phenoxy) is 1. The lowest BCUT2D eigenvalue weighted by molar-refractivity contribution is 0.0694. The standard InChI is InChI=1S/C17H17F2NO5/c1-3-13-11(17(22)23)7-15(25-13)16(21)20-9(2)8-24-14-5-4-10(18)6-12(14)19/h4-7,9H,3,8H2,1-2H3,(H,20,21)(H,22,23). The summed E-state index contributed by atoms with van der Waals surface area (Å²) in [6, 6.07) is 3.54. The number of carboxylic acid groups (broad SMARTS) is 1. The van der Waals surface area contributed by atoms with Crippen LogP contribution in [0, 0.1) is 11.6 Å². The number of hydrogen-bond acceptors (Lipinski definition) is 4. The Morgan fingerprint density at radius 3 is 2.60 bits per heavy atom. The number of aryl methyl sites for hydroxylation is 1. The number of nitrogens with one attached hydrogen (secondary N) is 1. The minimum atomic E-state index is -1.18. The van der Waals surface area contributed by atoms with E-state index in [0.29, 0.717) is 12.5 Å². The first-order chi connectivity index (χ1) is 11.8. The number of carboxylic acids is 1. The van der Waals surface area contributed by atoms with Crippen LogP contribution in [0.1, 0.15) is 40.5 Å². The Kier molecular flexibility index (Phi) is 5.74. The van der Waals surface area contributed by atoms with E-state index < -0.39 is 29.6 Å². The van der Waals surface area contributed by atoms with Crippen LogP contribution in [0.25, 0.3) is 0 Å². The fraction of sp³-hybridized carbons (Fsp3) is 0.294. The molecule has 2 N–H and O–H groups in total. The first kappa shape index (κ1) is 18.4. The topological polar surface area (TPSA) is 88.8 Å². The molecule has 1 amide bonds. The van der Waals surface area contributed by atoms with Crippen molar-refractivity contribution in [1.82, 2.24) is 5.32 Å². The van der Waals surface area contributed by atoms with Crippen molar-refractivity contribution in [3.05, 3.63) is 53.0 Å². The third-order valence-electron chi connectivity index (χ3n) is 3.34. The molecule has 1 aromatic heterocycles. The fourth-order valence-corrected chi connectivity index (χ4v) is 2.13. The van der Waals surface area contributed by atoms with E-state index in [1.165, 1.54) is 0 Å². The number of carbonyl (C=O) groups excluding carboxylic acids is 1. The van der Waals surface area contributed by atoms with Crippen molar-refractivity contribution in [2.75, 3.05) is 6.61 Å². The number of furan rings is 1. The Labute approximate surface area is 142 Å². The van der Waals surface area contributed by atoms with Crippen LogP contribution in [0.15, 0.2) is 28.7 Å². The first-order valence-electron chi connectivity index (χ1n) is 7.56. The Hall–Kier alpha value is -2.90. The molecule has 0 aliphatic heterocycles. The third kappa shape index (κ3) is 4.56. The predicted octanol–water partition coefficient (Wildman–Crippen LogP) is 3.02. The van der Waals surface area contributed by atoms with Crippen LogP contribution in [0.2, 0.25) is 0 Å². The number of benzene rings is 1. The van der Waals surface area contributed by atoms with Gasteiger partial charge in [0.05, 0.1) is 6.04 Å². The molecule has 6 nitrogen and oxygen atoms in total. The number of halogens is 2. The summed E-state index contributed by atoms with van der Waals surface area (Å²) in [4.78, 5) is 23.2. The molecule has 0 aliphatic rings. The fourth-order valence-electron chi connectivity index (χ4n) is 2.13. The molecule has 0 fully saturated rings. The van der Waals surface area contributed by atoms with Crippen molar-refractivity contribution >= 4 is 11.9 Å². The van der Waals surface area contributed by atoms with E-state index >= 15 is 0 Å². The van der Waals surface area contributed by atoms with Gasteiger partial charge in [-0.25, -0.2) is 13.6 Å². The van der Waals surface area contributed by atoms with E-state index in [2.05, 4.69) is 5.32 Å². The molecule has 134 valence electrons. The Morgan fingerprint density at radius 2 is 2.04 bits per heavy atom. The lowest BCUT2D eigenvalue weighted by Crippen LogP contribution is -2.36. The zero-order valence-electron chi connectivity index (χ0n) is 13.6. The van der Waals surface area contributed by atoms with Crippen LogP contribution in [-0.4, -0.2) is 29.6 Å². The molecule has 0 saturated heterocycles. The summed E-state index contributed by atoms with van der Waals surface area (Å²) >= 11 is 0. The Balaban J connectivity index is 1.97. The van der Waals surface area contributed by atoms with Gasteiger partial charge in [0.1, 0.15) is 23.7 Å². The van der Waals surface area contributed by atoms with Crippen LogP contribution in [-0.2, 0) is 6.42 Å². The van der Waals surface area contributed by atoms with Crippen molar-refractivity contribution in [1.29, 1.82) is 0 Å². The van der Waals surface area contributed by atoms with Gasteiger partial charge in [-0.2, -0.15) is 0 Å². The maximum atomic E-state index is 13.5. The minimum Gasteiger partial charge on any atom is -0.488 e. The maximum Gasteiger partial charge on any atom is 0.339 e. The Morgan fingerprint density at radius 1 is 1.32 bits per heavy atom. The van der Waals surface area contributed by atoms with Gasteiger partial charge >= 0.3 is 5.97 Å². The number of amides is 1. The minimum absolute atomic E-state index is 0.0649. The summed E-state index contributed by atoms with van der Waals surface area (Å²) in [7, 11) is 0. The van der Waals surface area contributed by atoms with Gasteiger partial charge in [0.2, 0.25) is 0 Å². The second kappa shape index (κ2) is 7.78. The zero-order valence-corrected chi connectivity index (χ0v) is 13.6. The van der Waals surface area contributed by atoms with Crippen LogP contribution in [0.4, 0.5) is 8.78 Å². The maximum absolute atomic E-state index is 13.5. The van der Waals surface area contributed by atoms with E-state index in [1.807, 2.05) is 0 Å². The highest BCUT2D eigenvalue weighted by Crippen LogP contribution is 2.18. The molecule has 0 radical (unpaired) electrons. The van der Waals surface area contributed by atoms with Gasteiger partial charge in [-0.1, -0.05) is 6.92 Å². The van der Waals surface area contributed by atoms with E-state index in [-0.39, 0.29) is 29.4 Å². The average Bonchev–Trinajstić information content (AvgIpc) is 2.98. The van der Waals surface area contributed by atoms with Crippen molar-refractivity contribution in [3.63, 3.8) is 0 Å². The molecule has 1 heterocycles. The van der Waals surface area contributed by atoms with E-state index in [4.69, 9.17) is 14.3 Å². The van der Waals surface area contributed by atoms with Crippen LogP contribution in [0.3, 0.4) is 0 Å². The second-order valence-corrected chi connectivity index (χ2v) is 5.37. The quantitative estimate of drug-likeness (QED) is 0.799. The van der Waals surface area contributed by atoms with E-state index in [0.717, 1.165) is 18.2 Å². The van der Waals surface area contributed by atoms with Gasteiger partial charge < -0.3 is 19.6 Å². The predicted molar refractivity (Wildman–Crippen MR) is 83.8 cm³/mol. The molecule has 1 atom stereocenters. The highest BCUT2D eigenvalue weighted by Gasteiger charge is 2.21. The van der Waals surface area contributed by atoms with Gasteiger partial charge in [0.25, 0.3) is 5.91 Å². The lowest BCUT2D eigenvalue weighted by atomic mass is 10.2. The van der Waals surface area contributed by atoms with Crippen molar-refractivity contribution < 1.29 is 32.6 Å². The van der Waals surface area contributed by atoms with Crippen molar-refractivity contribution in [3.8, 4) is 5.75 Å². The number of aromatic carboxylic acids is 1. The highest BCUT2D eigenvalue weighted by molar-refractivity contribution is 5.96. The van der Waals surface area contributed by atoms with Gasteiger partial charge in [-0.3, -0.25) is 4.79 Å². The summed E-state index contributed by atoms with van der Waals surface area (Å²) in [6.07, 6.45) is 0.331. The lowest BCUT2D eigenvalue weighted by Gasteiger charge is -2.14. The summed E-state index contributed by atoms with van der Waals surface area (Å²) in [5.41, 5.74) is -0.0649. The van der Waals surface area contributed by atoms with Gasteiger partial charge in [0.15, 0.2) is 17.3 Å². The third-order valence-corrected chi connectivity index (χ3v) is 3.34. The normalized spacial score (nSPS) is 11.8. The largest absolute Gasteiger partial charge is 0.488 e. The molecule has 1 unspecified atom stereocenters. The van der Waals surface area contributed by atoms with E-state index in [1.54, 1.807) is 13.8 Å². The summed E-state index contributed by atoms with van der Waals surface area (Å²) in [6.45, 7) is 3.25. The number of rotatable bonds is 7. The number of carbonyl (C=O) groups is 2. The average molecular weight is 353 g/mol. The number of hydrogen-bond donors (Lipinski definition) is 2. The summed E-state index contributed by atoms with van der Waals surface area (Å²) < 4.78 is 36.7. The molecular weight excluding hydrogens is 336 g/mol. The second-order valence-electron chi connectivity index (χ2n) is 5.37. The van der Waals surface area contributed by atoms with Gasteiger partial charge in [-0.15, -0.1) is 0 Å². The molecule has 1 aromatic carbocycles. The zero-order chi connectivity index (χ0) is 18.6. The first-order valence-corrected chi connectivity index (χ1v) is 7.56. The van der Waals surface area contributed by atoms with Crippen LogP contribution < -0.4 is 10.1 Å². The van der Waals surface area contributed by atoms with Gasteiger partial charge in [-0.05, 0) is 19.1 Å². The molecule has 2 aromatic rings.